The summed E-state index contributed by atoms with van der Waals surface area (Å²) < 4.78 is 22.1. The van der Waals surface area contributed by atoms with Crippen LogP contribution in [0.2, 0.25) is 0 Å². The SMILES string of the molecule is CC1(C)C(NC(=O)c2ccc(N3CCC(CN4CCN(c5cc6c(cc5F)C(=O)N(C5CCC(=O)NC5=O)C6=O)CC4)CC3)nn2)C(C)(C)C1Oc1ccc(C#N)c2ncccc12. The van der Waals surface area contributed by atoms with Crippen molar-refractivity contribution < 1.29 is 33.1 Å². The summed E-state index contributed by atoms with van der Waals surface area (Å²) in [6, 6.07) is 14.2. The first-order valence-corrected chi connectivity index (χ1v) is 21.5. The molecule has 63 heavy (non-hydrogen) atoms. The number of carbonyl (C=O) groups excluding carboxylic acids is 5. The number of fused-ring (bicyclic) bond motifs is 2. The first-order chi connectivity index (χ1) is 30.1. The Morgan fingerprint density at radius 3 is 2.29 bits per heavy atom. The van der Waals surface area contributed by atoms with Crippen LogP contribution in [0, 0.1) is 33.9 Å². The maximum atomic E-state index is 15.5. The maximum absolute atomic E-state index is 15.5. The number of hydrogen-bond acceptors (Lipinski definition) is 13. The molecule has 4 fully saturated rings. The lowest BCUT2D eigenvalue weighted by Gasteiger charge is -2.63. The van der Waals surface area contributed by atoms with E-state index < -0.39 is 46.3 Å². The molecule has 1 aliphatic carbocycles. The second-order valence-electron chi connectivity index (χ2n) is 18.5. The molecular weight excluding hydrogens is 808 g/mol. The second-order valence-corrected chi connectivity index (χ2v) is 18.5. The zero-order valence-electron chi connectivity index (χ0n) is 35.7. The molecule has 1 saturated carbocycles. The average Bonchev–Trinajstić information content (AvgIpc) is 3.51. The highest BCUT2D eigenvalue weighted by Crippen LogP contribution is 2.56. The van der Waals surface area contributed by atoms with Crippen LogP contribution in [0.5, 0.6) is 5.75 Å². The number of rotatable bonds is 9. The normalized spacial score (nSPS) is 23.6. The largest absolute Gasteiger partial charge is 0.488 e. The first-order valence-electron chi connectivity index (χ1n) is 21.5. The molecule has 3 saturated heterocycles. The summed E-state index contributed by atoms with van der Waals surface area (Å²) in [7, 11) is 0. The van der Waals surface area contributed by atoms with Crippen LogP contribution in [0.1, 0.15) is 90.1 Å². The molecule has 2 aromatic carbocycles. The summed E-state index contributed by atoms with van der Waals surface area (Å²) in [6.07, 6.45) is 3.37. The standard InChI is InChI=1S/C46H49FN10O6/c1-45(2)43(46(3,4)44(45)63-35-10-7-27(24-48)38-28(35)6-5-15-49-38)51-39(59)32-8-11-36(53-52-32)56-16-13-26(14-17-56)25-54-18-20-55(21-19-54)34-23-30-29(22-31(34)47)41(61)57(42(30)62)33-9-12-37(58)50-40(33)60/h5-8,10-11,15,22-23,26,33,43-44H,9,12-14,16-21,25H2,1-4H3,(H,51,59)(H,50,58,60). The van der Waals surface area contributed by atoms with E-state index in [9.17, 15) is 29.2 Å². The van der Waals surface area contributed by atoms with Gasteiger partial charge in [0.2, 0.25) is 11.8 Å². The maximum Gasteiger partial charge on any atom is 0.272 e. The van der Waals surface area contributed by atoms with Gasteiger partial charge in [-0.3, -0.25) is 44.1 Å². The van der Waals surface area contributed by atoms with Crippen LogP contribution in [0.25, 0.3) is 10.9 Å². The molecule has 326 valence electrons. The van der Waals surface area contributed by atoms with Gasteiger partial charge in [0.05, 0.1) is 27.9 Å². The highest BCUT2D eigenvalue weighted by molar-refractivity contribution is 6.23. The van der Waals surface area contributed by atoms with E-state index in [4.69, 9.17) is 4.74 Å². The second kappa shape index (κ2) is 16.0. The highest BCUT2D eigenvalue weighted by Gasteiger charge is 2.64. The number of piperidine rings is 2. The summed E-state index contributed by atoms with van der Waals surface area (Å²) in [4.78, 5) is 75.8. The minimum absolute atomic E-state index is 0.00984. The van der Waals surface area contributed by atoms with Crippen molar-refractivity contribution >= 4 is 51.9 Å². The molecule has 6 heterocycles. The highest BCUT2D eigenvalue weighted by atomic mass is 19.1. The van der Waals surface area contributed by atoms with Gasteiger partial charge in [-0.1, -0.05) is 27.7 Å². The van der Waals surface area contributed by atoms with Crippen molar-refractivity contribution in [2.45, 2.75) is 71.6 Å². The predicted octanol–water partition coefficient (Wildman–Crippen LogP) is 4.09. The number of aromatic nitrogens is 3. The topological polar surface area (TPSA) is 194 Å². The number of anilines is 2. The van der Waals surface area contributed by atoms with E-state index >= 15 is 4.39 Å². The number of amides is 5. The molecule has 4 aliphatic heterocycles. The Bertz CT molecular complexity index is 2560. The zero-order valence-corrected chi connectivity index (χ0v) is 35.7. The fourth-order valence-corrected chi connectivity index (χ4v) is 10.7. The Morgan fingerprint density at radius 2 is 1.62 bits per heavy atom. The molecule has 5 amide bonds. The van der Waals surface area contributed by atoms with E-state index in [0.29, 0.717) is 48.9 Å². The van der Waals surface area contributed by atoms with E-state index in [-0.39, 0.29) is 53.4 Å². The molecule has 2 aromatic heterocycles. The molecule has 5 aliphatic rings. The summed E-state index contributed by atoms with van der Waals surface area (Å²) in [5.41, 5.74) is 0.697. The van der Waals surface area contributed by atoms with E-state index in [1.807, 2.05) is 29.2 Å². The lowest BCUT2D eigenvalue weighted by atomic mass is 9.49. The van der Waals surface area contributed by atoms with Crippen LogP contribution in [0.3, 0.4) is 0 Å². The summed E-state index contributed by atoms with van der Waals surface area (Å²) in [6.45, 7) is 13.3. The minimum atomic E-state index is -1.11. The van der Waals surface area contributed by atoms with Gasteiger partial charge >= 0.3 is 0 Å². The number of pyridine rings is 1. The van der Waals surface area contributed by atoms with Crippen molar-refractivity contribution in [1.29, 1.82) is 5.26 Å². The number of nitrogens with zero attached hydrogens (tertiary/aromatic N) is 8. The van der Waals surface area contributed by atoms with Crippen molar-refractivity contribution in [3.63, 3.8) is 0 Å². The van der Waals surface area contributed by atoms with Crippen molar-refractivity contribution in [3.05, 3.63) is 82.9 Å². The Kier molecular flexibility index (Phi) is 10.6. The van der Waals surface area contributed by atoms with E-state index in [1.165, 1.54) is 6.07 Å². The van der Waals surface area contributed by atoms with Crippen LogP contribution >= 0.6 is 0 Å². The molecule has 17 heteroatoms. The lowest BCUT2D eigenvalue weighted by Crippen LogP contribution is -2.74. The van der Waals surface area contributed by atoms with E-state index in [2.05, 4.69) is 69.4 Å². The summed E-state index contributed by atoms with van der Waals surface area (Å²) in [5.74, 6) is -1.63. The number of ether oxygens (including phenoxy) is 1. The molecule has 2 N–H and O–H groups in total. The van der Waals surface area contributed by atoms with Gasteiger partial charge < -0.3 is 19.9 Å². The molecular formula is C46H49FN10O6. The van der Waals surface area contributed by atoms with Gasteiger partial charge in [-0.05, 0) is 73.7 Å². The molecule has 9 rings (SSSR count). The Morgan fingerprint density at radius 1 is 0.905 bits per heavy atom. The Labute approximate surface area is 363 Å². The predicted molar refractivity (Wildman–Crippen MR) is 228 cm³/mol. The first kappa shape index (κ1) is 41.8. The number of benzene rings is 2. The Hall–Kier alpha value is -6.54. The molecule has 1 unspecified atom stereocenters. The number of nitrogens with one attached hydrogen (secondary N) is 2. The molecule has 0 radical (unpaired) electrons. The van der Waals surface area contributed by atoms with Crippen molar-refractivity contribution in [2.24, 2.45) is 16.7 Å². The third-order valence-corrected chi connectivity index (χ3v) is 13.8. The van der Waals surface area contributed by atoms with Crippen LogP contribution in [0.15, 0.2) is 54.7 Å². The van der Waals surface area contributed by atoms with Crippen molar-refractivity contribution in [3.8, 4) is 11.8 Å². The van der Waals surface area contributed by atoms with Gasteiger partial charge in [0.1, 0.15) is 29.8 Å². The summed E-state index contributed by atoms with van der Waals surface area (Å²) in [5, 5.41) is 24.5. The molecule has 16 nitrogen and oxygen atoms in total. The van der Waals surface area contributed by atoms with Gasteiger partial charge in [-0.25, -0.2) is 4.39 Å². The lowest BCUT2D eigenvalue weighted by molar-refractivity contribution is -0.163. The van der Waals surface area contributed by atoms with Gasteiger partial charge in [-0.15, -0.1) is 10.2 Å². The van der Waals surface area contributed by atoms with E-state index in [1.54, 1.807) is 18.3 Å². The van der Waals surface area contributed by atoms with E-state index in [0.717, 1.165) is 54.6 Å². The van der Waals surface area contributed by atoms with Crippen molar-refractivity contribution in [1.82, 2.24) is 35.6 Å². The third-order valence-electron chi connectivity index (χ3n) is 13.8. The van der Waals surface area contributed by atoms with Gasteiger partial charge in [0.25, 0.3) is 17.7 Å². The number of imide groups is 2. The number of carbonyl (C=O) groups is 5. The van der Waals surface area contributed by atoms with Gasteiger partial charge in [0, 0.05) is 80.7 Å². The molecule has 0 bridgehead atoms. The fourth-order valence-electron chi connectivity index (χ4n) is 10.7. The number of halogens is 1. The monoisotopic (exact) mass is 856 g/mol. The van der Waals surface area contributed by atoms with Crippen LogP contribution < -0.4 is 25.2 Å². The smallest absolute Gasteiger partial charge is 0.272 e. The number of hydrogen-bond donors (Lipinski definition) is 2. The van der Waals surface area contributed by atoms with Gasteiger partial charge in [0.15, 0.2) is 11.5 Å². The zero-order chi connectivity index (χ0) is 44.4. The third kappa shape index (κ3) is 7.39. The fraction of sp³-hybridized carbons (Fsp3) is 0.457. The van der Waals surface area contributed by atoms with Crippen LogP contribution in [-0.2, 0) is 9.59 Å². The van der Waals surface area contributed by atoms with Gasteiger partial charge in [-0.2, -0.15) is 5.26 Å². The number of nitriles is 1. The molecule has 0 spiro atoms. The van der Waals surface area contributed by atoms with Crippen LogP contribution in [0.4, 0.5) is 15.9 Å². The molecule has 4 aromatic rings. The minimum Gasteiger partial charge on any atom is -0.488 e. The van der Waals surface area contributed by atoms with Crippen molar-refractivity contribution in [2.75, 3.05) is 55.6 Å². The summed E-state index contributed by atoms with van der Waals surface area (Å²) >= 11 is 0. The quantitative estimate of drug-likeness (QED) is 0.229. The Balaban J connectivity index is 0.748. The molecule has 1 atom stereocenters. The average molecular weight is 857 g/mol. The van der Waals surface area contributed by atoms with Crippen LogP contribution in [-0.4, -0.2) is 119 Å². The number of piperazine rings is 1.